The monoisotopic (exact) mass is 493 g/mol. The van der Waals surface area contributed by atoms with E-state index in [1.54, 1.807) is 24.5 Å². The molecule has 178 valence electrons. The molecule has 0 amide bonds. The second-order valence-electron chi connectivity index (χ2n) is 8.34. The number of alkyl halides is 3. The molecule has 2 aromatic carbocycles. The van der Waals surface area contributed by atoms with Gasteiger partial charge >= 0.3 is 6.18 Å². The molecule has 9 heteroatoms. The zero-order chi connectivity index (χ0) is 24.4. The zero-order valence-corrected chi connectivity index (χ0v) is 19.7. The first kappa shape index (κ1) is 23.3. The molecule has 4 aromatic rings. The van der Waals surface area contributed by atoms with Crippen molar-refractivity contribution in [2.24, 2.45) is 0 Å². The molecule has 0 saturated carbocycles. The normalized spacial score (nSPS) is 14.7. The smallest absolute Gasteiger partial charge is 0.310 e. The fourth-order valence-electron chi connectivity index (χ4n) is 4.10. The van der Waals surface area contributed by atoms with Crippen LogP contribution < -0.4 is 4.72 Å². The van der Waals surface area contributed by atoms with Crippen molar-refractivity contribution in [2.45, 2.75) is 17.5 Å². The highest BCUT2D eigenvalue weighted by Gasteiger charge is 2.32. The van der Waals surface area contributed by atoms with E-state index >= 15 is 0 Å². The van der Waals surface area contributed by atoms with Crippen molar-refractivity contribution in [3.8, 4) is 11.3 Å². The van der Waals surface area contributed by atoms with Crippen molar-refractivity contribution in [2.75, 3.05) is 24.9 Å². The average Bonchev–Trinajstić information content (AvgIpc) is 2.87. The lowest BCUT2D eigenvalue weighted by Gasteiger charge is -2.24. The number of rotatable bonds is 5. The van der Waals surface area contributed by atoms with Gasteiger partial charge in [-0.2, -0.15) is 13.2 Å². The van der Waals surface area contributed by atoms with E-state index in [9.17, 15) is 13.2 Å². The number of nitrogens with one attached hydrogen (secondary N) is 1. The third kappa shape index (κ3) is 5.16. The largest absolute Gasteiger partial charge is 0.416 e. The van der Waals surface area contributed by atoms with Gasteiger partial charge in [0.1, 0.15) is 12.1 Å². The van der Waals surface area contributed by atoms with Crippen LogP contribution in [0.15, 0.2) is 78.2 Å². The molecule has 1 aliphatic rings. The maximum Gasteiger partial charge on any atom is 0.416 e. The number of anilines is 1. The lowest BCUT2D eigenvalue weighted by molar-refractivity contribution is -0.137. The summed E-state index contributed by atoms with van der Waals surface area (Å²) in [6.45, 7) is 1.50. The van der Waals surface area contributed by atoms with E-state index in [0.717, 1.165) is 33.9 Å². The summed E-state index contributed by atoms with van der Waals surface area (Å²) in [4.78, 5) is 15.8. The van der Waals surface area contributed by atoms with Gasteiger partial charge in [0.2, 0.25) is 0 Å². The molecule has 5 nitrogen and oxygen atoms in total. The van der Waals surface area contributed by atoms with E-state index in [1.807, 2.05) is 37.4 Å². The van der Waals surface area contributed by atoms with E-state index in [4.69, 9.17) is 0 Å². The molecule has 2 aromatic heterocycles. The predicted octanol–water partition coefficient (Wildman–Crippen LogP) is 6.55. The summed E-state index contributed by atoms with van der Waals surface area (Å²) in [5.74, 6) is 0.696. The maximum atomic E-state index is 13.6. The lowest BCUT2D eigenvalue weighted by Crippen LogP contribution is -2.24. The molecule has 35 heavy (non-hydrogen) atoms. The molecule has 0 aliphatic carbocycles. The van der Waals surface area contributed by atoms with Gasteiger partial charge in [-0.1, -0.05) is 18.2 Å². The van der Waals surface area contributed by atoms with Gasteiger partial charge in [-0.25, -0.2) is 9.97 Å². The van der Waals surface area contributed by atoms with Gasteiger partial charge in [0.15, 0.2) is 0 Å². The minimum Gasteiger partial charge on any atom is -0.310 e. The molecular formula is C26H22F3N5S. The number of nitrogens with zero attached hydrogens (tertiary/aromatic N) is 4. The van der Waals surface area contributed by atoms with Crippen molar-refractivity contribution in [1.29, 1.82) is 0 Å². The number of halogens is 3. The van der Waals surface area contributed by atoms with Crippen molar-refractivity contribution >= 4 is 34.1 Å². The molecule has 0 atom stereocenters. The third-order valence-electron chi connectivity index (χ3n) is 5.95. The highest BCUT2D eigenvalue weighted by Crippen LogP contribution is 2.39. The molecule has 0 fully saturated rings. The Morgan fingerprint density at radius 3 is 2.60 bits per heavy atom. The second kappa shape index (κ2) is 9.67. The number of aromatic nitrogens is 3. The Hall–Kier alpha value is -3.43. The summed E-state index contributed by atoms with van der Waals surface area (Å²) in [6, 6.07) is 13.6. The summed E-state index contributed by atoms with van der Waals surface area (Å²) in [6.07, 6.45) is 3.13. The zero-order valence-electron chi connectivity index (χ0n) is 18.9. The average molecular weight is 494 g/mol. The predicted molar refractivity (Wildman–Crippen MR) is 134 cm³/mol. The van der Waals surface area contributed by atoms with Crippen LogP contribution in [0.5, 0.6) is 0 Å². The first-order valence-corrected chi connectivity index (χ1v) is 11.9. The van der Waals surface area contributed by atoms with Gasteiger partial charge in [0.25, 0.3) is 0 Å². The number of hydrogen-bond acceptors (Lipinski definition) is 6. The van der Waals surface area contributed by atoms with Crippen LogP contribution in [0.4, 0.5) is 19.0 Å². The number of pyridine rings is 1. The molecule has 3 heterocycles. The van der Waals surface area contributed by atoms with Gasteiger partial charge in [-0.05, 0) is 78.3 Å². The molecular weight excluding hydrogens is 471 g/mol. The topological polar surface area (TPSA) is 53.9 Å². The summed E-state index contributed by atoms with van der Waals surface area (Å²) in [5.41, 5.74) is 2.25. The maximum absolute atomic E-state index is 13.6. The number of hydrogen-bond donors (Lipinski definition) is 1. The second-order valence-corrected chi connectivity index (χ2v) is 9.22. The Balaban J connectivity index is 1.55. The molecule has 0 unspecified atom stereocenters. The number of fused-ring (bicyclic) bond motifs is 1. The van der Waals surface area contributed by atoms with Gasteiger partial charge in [0, 0.05) is 41.3 Å². The summed E-state index contributed by atoms with van der Waals surface area (Å²) in [5, 5.41) is 1.83. The Morgan fingerprint density at radius 2 is 1.86 bits per heavy atom. The van der Waals surface area contributed by atoms with Crippen LogP contribution in [0.1, 0.15) is 17.5 Å². The first-order chi connectivity index (χ1) is 16.9. The van der Waals surface area contributed by atoms with Crippen molar-refractivity contribution in [3.05, 3.63) is 84.5 Å². The van der Waals surface area contributed by atoms with E-state index in [-0.39, 0.29) is 0 Å². The van der Waals surface area contributed by atoms with Crippen LogP contribution in [-0.2, 0) is 6.18 Å². The molecule has 1 N–H and O–H groups in total. The molecule has 0 bridgehead atoms. The van der Waals surface area contributed by atoms with Crippen LogP contribution in [0.3, 0.4) is 0 Å². The fourth-order valence-corrected chi connectivity index (χ4v) is 4.77. The Labute approximate surface area is 205 Å². The minimum atomic E-state index is -4.41. The standard InChI is InChI=1S/C26H22F3N5S/c1-34-12-8-17(9-13-34)23-15-19(26(27,28)29)2-4-22(23)25-21-5-3-20(14-18(21)6-11-31-25)35-33-24-7-10-30-16-32-24/h2-8,10-11,14-16H,9,12-13H2,1H3,(H,30,32,33). The Bertz CT molecular complexity index is 1390. The summed E-state index contributed by atoms with van der Waals surface area (Å²) < 4.78 is 43.9. The minimum absolute atomic E-state index is 0.594. The highest BCUT2D eigenvalue weighted by molar-refractivity contribution is 8.00. The van der Waals surface area contributed by atoms with E-state index < -0.39 is 11.7 Å². The summed E-state index contributed by atoms with van der Waals surface area (Å²) in [7, 11) is 2.00. The molecule has 0 spiro atoms. The van der Waals surface area contributed by atoms with E-state index in [1.165, 1.54) is 24.3 Å². The van der Waals surface area contributed by atoms with Crippen LogP contribution in [0.25, 0.3) is 27.6 Å². The molecule has 0 saturated heterocycles. The van der Waals surface area contributed by atoms with Gasteiger partial charge in [-0.15, -0.1) is 0 Å². The van der Waals surface area contributed by atoms with Crippen LogP contribution in [0.2, 0.25) is 0 Å². The highest BCUT2D eigenvalue weighted by atomic mass is 32.2. The van der Waals surface area contributed by atoms with Gasteiger partial charge in [-0.3, -0.25) is 4.98 Å². The quantitative estimate of drug-likeness (QED) is 0.318. The van der Waals surface area contributed by atoms with E-state index in [2.05, 4.69) is 24.6 Å². The van der Waals surface area contributed by atoms with Crippen molar-refractivity contribution in [3.63, 3.8) is 0 Å². The van der Waals surface area contributed by atoms with Gasteiger partial charge in [0.05, 0.1) is 11.3 Å². The van der Waals surface area contributed by atoms with Gasteiger partial charge < -0.3 is 9.62 Å². The molecule has 5 rings (SSSR count). The van der Waals surface area contributed by atoms with Crippen molar-refractivity contribution < 1.29 is 13.2 Å². The fraction of sp³-hybridized carbons (Fsp3) is 0.192. The molecule has 0 radical (unpaired) electrons. The van der Waals surface area contributed by atoms with E-state index in [0.29, 0.717) is 35.6 Å². The van der Waals surface area contributed by atoms with Crippen LogP contribution >= 0.6 is 11.9 Å². The van der Waals surface area contributed by atoms with Crippen LogP contribution in [-0.4, -0.2) is 40.0 Å². The number of benzene rings is 2. The Kier molecular flexibility index (Phi) is 6.44. The SMILES string of the molecule is CN1CC=C(c2cc(C(F)(F)F)ccc2-c2nccc3cc(SNc4ccncn4)ccc23)CC1. The van der Waals surface area contributed by atoms with Crippen LogP contribution in [0, 0.1) is 0 Å². The molecule has 1 aliphatic heterocycles. The lowest BCUT2D eigenvalue weighted by atomic mass is 9.90. The third-order valence-corrected chi connectivity index (χ3v) is 6.75. The summed E-state index contributed by atoms with van der Waals surface area (Å²) >= 11 is 1.42. The number of likely N-dealkylation sites (N-methyl/N-ethyl adjacent to an activating group) is 1. The first-order valence-electron chi connectivity index (χ1n) is 11.1. The van der Waals surface area contributed by atoms with Crippen molar-refractivity contribution in [1.82, 2.24) is 19.9 Å². The Morgan fingerprint density at radius 1 is 0.971 bits per heavy atom.